The molecule has 0 heterocycles. The van der Waals surface area contributed by atoms with Gasteiger partial charge in [-0.1, -0.05) is 48.9 Å². The zero-order valence-electron chi connectivity index (χ0n) is 16.9. The Morgan fingerprint density at radius 2 is 1.61 bits per heavy atom. The molecule has 1 atom stereocenters. The summed E-state index contributed by atoms with van der Waals surface area (Å²) in [7, 11) is 0. The molecule has 0 saturated heterocycles. The molecule has 0 aliphatic heterocycles. The minimum atomic E-state index is 0. The molecule has 152 valence electrons. The van der Waals surface area contributed by atoms with E-state index in [1.807, 2.05) is 0 Å². The van der Waals surface area contributed by atoms with Gasteiger partial charge in [-0.3, -0.25) is 0 Å². The first kappa shape index (κ1) is 32.1. The quantitative estimate of drug-likeness (QED) is 0.251. The molecule has 0 N–H and O–H groups in total. The van der Waals surface area contributed by atoms with Gasteiger partial charge in [0.05, 0.1) is 0 Å². The molecule has 0 amide bonds. The number of hydrogen-bond acceptors (Lipinski definition) is 0. The van der Waals surface area contributed by atoms with Gasteiger partial charge in [0, 0.05) is 5.92 Å². The molecule has 0 spiro atoms. The molecule has 4 heteroatoms. The third-order valence-corrected chi connectivity index (χ3v) is 4.22. The Morgan fingerprint density at radius 1 is 0.964 bits per heavy atom. The van der Waals surface area contributed by atoms with Gasteiger partial charge in [0.15, 0.2) is 0 Å². The third-order valence-electron chi connectivity index (χ3n) is 4.22. The zero-order chi connectivity index (χ0) is 17.2. The van der Waals surface area contributed by atoms with Gasteiger partial charge in [0.1, 0.15) is 0 Å². The summed E-state index contributed by atoms with van der Waals surface area (Å²) in [6, 6.07) is 23.4. The number of benzene rings is 2. The summed E-state index contributed by atoms with van der Waals surface area (Å²) in [5, 5.41) is 2.66. The molecule has 2 radical (unpaired) electrons. The van der Waals surface area contributed by atoms with Crippen molar-refractivity contribution < 1.29 is 23.3 Å². The van der Waals surface area contributed by atoms with Crippen molar-refractivity contribution in [1.29, 1.82) is 0 Å². The molecule has 3 aromatic rings. The predicted molar refractivity (Wildman–Crippen MR) is 130 cm³/mol. The molecule has 1 unspecified atom stereocenters. The van der Waals surface area contributed by atoms with Crippen LogP contribution in [0.4, 0.5) is 0 Å². The van der Waals surface area contributed by atoms with Crippen molar-refractivity contribution in [3.8, 4) is 0 Å². The van der Waals surface area contributed by atoms with Crippen LogP contribution in [0.5, 0.6) is 0 Å². The second kappa shape index (κ2) is 18.5. The fourth-order valence-electron chi connectivity index (χ4n) is 2.99. The van der Waals surface area contributed by atoms with Crippen LogP contribution >= 0.6 is 24.8 Å². The van der Waals surface area contributed by atoms with Gasteiger partial charge in [-0.15, -0.1) is 54.5 Å². The zero-order valence-corrected chi connectivity index (χ0v) is 22.0. The molecule has 0 bridgehead atoms. The minimum absolute atomic E-state index is 0. The smallest absolute Gasteiger partial charge is 0.0809 e. The summed E-state index contributed by atoms with van der Waals surface area (Å²) in [5.74, 6) is 0.660. The summed E-state index contributed by atoms with van der Waals surface area (Å²) in [5.41, 5.74) is 2.91. The van der Waals surface area contributed by atoms with E-state index in [9.17, 15) is 0 Å². The van der Waals surface area contributed by atoms with E-state index in [2.05, 4.69) is 99.1 Å². The fraction of sp³-hybridized carbons (Fsp3) is 0.167. The first-order valence-electron chi connectivity index (χ1n) is 8.29. The molecular weight excluding hydrogens is 478 g/mol. The largest absolute Gasteiger partial charge is 0.168 e. The number of rotatable bonds is 3. The van der Waals surface area contributed by atoms with Gasteiger partial charge >= 0.3 is 30.2 Å². The van der Waals surface area contributed by atoms with E-state index in [0.717, 1.165) is 0 Å². The SMILES string of the molecule is C[CH-]CCC1C=Cc2ccccc21.Cl.Cl.[CH3-].[CH3-].[Si]=[Zr].c1ccc2[cH-]ccc2c1. The van der Waals surface area contributed by atoms with Gasteiger partial charge in [0.2, 0.25) is 0 Å². The molecule has 28 heavy (non-hydrogen) atoms. The average molecular weight is 509 g/mol. The van der Waals surface area contributed by atoms with E-state index in [1.54, 1.807) is 0 Å². The molecule has 0 aromatic heterocycles. The maximum absolute atomic E-state index is 3.06. The number of allylic oxidation sites excluding steroid dienone is 1. The van der Waals surface area contributed by atoms with E-state index < -0.39 is 0 Å². The maximum Gasteiger partial charge on any atom is -0.0809 e. The van der Waals surface area contributed by atoms with Crippen LogP contribution < -0.4 is 0 Å². The van der Waals surface area contributed by atoms with Gasteiger partial charge in [-0.05, 0) is 11.1 Å². The second-order valence-corrected chi connectivity index (χ2v) is 5.73. The van der Waals surface area contributed by atoms with E-state index in [-0.39, 0.29) is 39.7 Å². The van der Waals surface area contributed by atoms with Gasteiger partial charge < -0.3 is 21.3 Å². The third kappa shape index (κ3) is 9.31. The van der Waals surface area contributed by atoms with Crippen molar-refractivity contribution in [1.82, 2.24) is 0 Å². The number of unbranched alkanes of at least 4 members (excludes halogenated alkanes) is 1. The summed E-state index contributed by atoms with van der Waals surface area (Å²) >= 11 is 1.36. The Labute approximate surface area is 201 Å². The van der Waals surface area contributed by atoms with E-state index in [0.29, 0.717) is 5.92 Å². The van der Waals surface area contributed by atoms with Crippen molar-refractivity contribution in [3.63, 3.8) is 0 Å². The van der Waals surface area contributed by atoms with Gasteiger partial charge in [-0.25, -0.2) is 0 Å². The van der Waals surface area contributed by atoms with Crippen molar-refractivity contribution >= 4 is 48.5 Å². The number of hydrogen-bond donors (Lipinski definition) is 0. The van der Waals surface area contributed by atoms with Crippen LogP contribution in [-0.2, 0) is 23.3 Å². The topological polar surface area (TPSA) is 0 Å². The predicted octanol–water partition coefficient (Wildman–Crippen LogP) is 7.72. The maximum atomic E-state index is 3.06. The minimum Gasteiger partial charge on any atom is -0.168 e. The molecule has 0 nitrogen and oxygen atoms in total. The van der Waals surface area contributed by atoms with Crippen molar-refractivity contribution in [2.75, 3.05) is 0 Å². The molecule has 0 fully saturated rings. The molecular formula is C24H30Cl2SiZr-4. The van der Waals surface area contributed by atoms with E-state index in [1.165, 1.54) is 58.1 Å². The van der Waals surface area contributed by atoms with Gasteiger partial charge in [-0.2, -0.15) is 30.9 Å². The Hall–Kier alpha value is -0.530. The molecule has 3 aromatic carbocycles. The summed E-state index contributed by atoms with van der Waals surface area (Å²) < 4.78 is 0. The Morgan fingerprint density at radius 3 is 2.29 bits per heavy atom. The van der Waals surface area contributed by atoms with Crippen LogP contribution in [0.15, 0.2) is 72.8 Å². The van der Waals surface area contributed by atoms with E-state index in [4.69, 9.17) is 0 Å². The fourth-order valence-corrected chi connectivity index (χ4v) is 2.99. The number of fused-ring (bicyclic) bond motifs is 2. The Bertz CT molecular complexity index is 753. The standard InChI is InChI=1S/C13H15.C9H7.2CH3.2ClH.Si.Zr/c1-2-3-6-11-9-10-12-7-4-5-8-13(11)12;1-2-5-9-7-3-6-8(9)4-1;;;;;;/h2,4-5,7-11H,3,6H2,1H3;1-7H;2*1H3;2*1H;;/q4*-1;;;;. The monoisotopic (exact) mass is 506 g/mol. The van der Waals surface area contributed by atoms with Gasteiger partial charge in [0.25, 0.3) is 0 Å². The second-order valence-electron chi connectivity index (χ2n) is 5.73. The first-order chi connectivity index (χ1) is 11.9. The van der Waals surface area contributed by atoms with Crippen LogP contribution in [-0.4, -0.2) is 6.88 Å². The van der Waals surface area contributed by atoms with Crippen LogP contribution in [0, 0.1) is 21.3 Å². The molecule has 1 aliphatic carbocycles. The van der Waals surface area contributed by atoms with Crippen LogP contribution in [0.1, 0.15) is 36.8 Å². The average Bonchev–Trinajstić information content (AvgIpc) is 3.29. The molecule has 4 rings (SSSR count). The number of halogens is 2. The van der Waals surface area contributed by atoms with Crippen molar-refractivity contribution in [2.45, 2.75) is 25.7 Å². The Kier molecular flexibility index (Phi) is 21.2. The van der Waals surface area contributed by atoms with Crippen LogP contribution in [0.2, 0.25) is 0 Å². The van der Waals surface area contributed by atoms with E-state index >= 15 is 0 Å². The summed E-state index contributed by atoms with van der Waals surface area (Å²) in [6.45, 7) is 5.19. The molecule has 1 aliphatic rings. The summed E-state index contributed by atoms with van der Waals surface area (Å²) in [6.07, 6.45) is 9.28. The van der Waals surface area contributed by atoms with Crippen molar-refractivity contribution in [3.05, 3.63) is 105 Å². The Balaban J connectivity index is -0.000000375. The normalized spacial score (nSPS) is 12.2. The summed E-state index contributed by atoms with van der Waals surface area (Å²) in [4.78, 5) is 0. The van der Waals surface area contributed by atoms with Crippen LogP contribution in [0.25, 0.3) is 16.8 Å². The van der Waals surface area contributed by atoms with Crippen LogP contribution in [0.3, 0.4) is 0 Å². The van der Waals surface area contributed by atoms with Crippen molar-refractivity contribution in [2.24, 2.45) is 0 Å². The molecule has 0 saturated carbocycles. The first-order valence-corrected chi connectivity index (χ1v) is 12.5.